The molecule has 0 amide bonds. The van der Waals surface area contributed by atoms with Crippen LogP contribution >= 0.6 is 11.8 Å². The zero-order valence-corrected chi connectivity index (χ0v) is 19.0. The van der Waals surface area contributed by atoms with Crippen molar-refractivity contribution >= 4 is 22.5 Å². The fourth-order valence-corrected chi connectivity index (χ4v) is 5.70. The molecule has 154 valence electrons. The summed E-state index contributed by atoms with van der Waals surface area (Å²) in [5.41, 5.74) is 8.72. The Morgan fingerprint density at radius 1 is 0.656 bits per heavy atom. The van der Waals surface area contributed by atoms with Crippen LogP contribution in [0.25, 0.3) is 44.3 Å². The van der Waals surface area contributed by atoms with E-state index in [1.165, 1.54) is 48.4 Å². The summed E-state index contributed by atoms with van der Waals surface area (Å²) in [6.45, 7) is 4.48. The average molecular weight is 430 g/mol. The lowest BCUT2D eigenvalue weighted by Gasteiger charge is -2.13. The van der Waals surface area contributed by atoms with Gasteiger partial charge in [0.1, 0.15) is 0 Å². The molecule has 0 atom stereocenters. The first-order valence-electron chi connectivity index (χ1n) is 11.1. The molecule has 0 saturated heterocycles. The van der Waals surface area contributed by atoms with Gasteiger partial charge in [-0.1, -0.05) is 92.3 Å². The van der Waals surface area contributed by atoms with E-state index in [0.29, 0.717) is 5.92 Å². The Morgan fingerprint density at radius 2 is 1.38 bits per heavy atom. The molecular formula is C30H23NS. The molecule has 1 nitrogen and oxygen atoms in total. The molecule has 4 aromatic carbocycles. The van der Waals surface area contributed by atoms with Gasteiger partial charge in [0.05, 0.1) is 5.69 Å². The number of aromatic nitrogens is 1. The topological polar surface area (TPSA) is 12.9 Å². The molecule has 2 heterocycles. The lowest BCUT2D eigenvalue weighted by Crippen LogP contribution is -1.91. The Bertz CT molecular complexity index is 1480. The molecule has 2 heteroatoms. The normalized spacial score (nSPS) is 12.2. The number of rotatable bonds is 2. The van der Waals surface area contributed by atoms with E-state index in [9.17, 15) is 0 Å². The molecule has 5 aromatic rings. The molecule has 1 aromatic heterocycles. The SMILES string of the molecule is CC(C)c1ccc2c(-c3ccc4c(c3)-c3ccccc3-c3ccccc3S4)nccc2c1. The molecule has 0 N–H and O–H groups in total. The van der Waals surface area contributed by atoms with E-state index < -0.39 is 0 Å². The number of fused-ring (bicyclic) bond motifs is 6. The lowest BCUT2D eigenvalue weighted by molar-refractivity contribution is 0.869. The van der Waals surface area contributed by atoms with Gasteiger partial charge in [0.25, 0.3) is 0 Å². The maximum atomic E-state index is 4.81. The first-order chi connectivity index (χ1) is 15.7. The summed E-state index contributed by atoms with van der Waals surface area (Å²) in [5.74, 6) is 0.513. The summed E-state index contributed by atoms with van der Waals surface area (Å²) in [6, 6.07) is 33.2. The van der Waals surface area contributed by atoms with E-state index in [-0.39, 0.29) is 0 Å². The second kappa shape index (κ2) is 7.65. The quantitative estimate of drug-likeness (QED) is 0.273. The fourth-order valence-electron chi connectivity index (χ4n) is 4.61. The van der Waals surface area contributed by atoms with Crippen molar-refractivity contribution in [2.75, 3.05) is 0 Å². The summed E-state index contributed by atoms with van der Waals surface area (Å²) in [7, 11) is 0. The number of hydrogen-bond donors (Lipinski definition) is 0. The van der Waals surface area contributed by atoms with Gasteiger partial charge < -0.3 is 0 Å². The van der Waals surface area contributed by atoms with Crippen LogP contribution in [0.15, 0.2) is 107 Å². The minimum atomic E-state index is 0.513. The summed E-state index contributed by atoms with van der Waals surface area (Å²) < 4.78 is 0. The van der Waals surface area contributed by atoms with Crippen LogP contribution in [0.5, 0.6) is 0 Å². The number of benzene rings is 4. The minimum Gasteiger partial charge on any atom is -0.256 e. The van der Waals surface area contributed by atoms with Crippen molar-refractivity contribution in [3.05, 3.63) is 103 Å². The summed E-state index contributed by atoms with van der Waals surface area (Å²) >= 11 is 1.85. The van der Waals surface area contributed by atoms with Crippen LogP contribution in [0.2, 0.25) is 0 Å². The zero-order chi connectivity index (χ0) is 21.7. The zero-order valence-electron chi connectivity index (χ0n) is 18.2. The summed E-state index contributed by atoms with van der Waals surface area (Å²) in [4.78, 5) is 7.40. The average Bonchev–Trinajstić information content (AvgIpc) is 2.97. The highest BCUT2D eigenvalue weighted by Crippen LogP contribution is 2.48. The molecule has 0 bridgehead atoms. The first kappa shape index (κ1) is 19.3. The Labute approximate surface area is 193 Å². The predicted octanol–water partition coefficient (Wildman–Crippen LogP) is 8.82. The van der Waals surface area contributed by atoms with E-state index in [0.717, 1.165) is 11.3 Å². The molecule has 1 aliphatic rings. The van der Waals surface area contributed by atoms with Gasteiger partial charge in [0.15, 0.2) is 0 Å². The van der Waals surface area contributed by atoms with Gasteiger partial charge in [0, 0.05) is 26.9 Å². The number of pyridine rings is 1. The van der Waals surface area contributed by atoms with Gasteiger partial charge >= 0.3 is 0 Å². The van der Waals surface area contributed by atoms with Crippen molar-refractivity contribution in [2.24, 2.45) is 0 Å². The molecule has 0 aliphatic carbocycles. The lowest BCUT2D eigenvalue weighted by atomic mass is 9.92. The van der Waals surface area contributed by atoms with Crippen LogP contribution in [-0.2, 0) is 0 Å². The standard InChI is InChI=1S/C30H23NS/c1-19(2)20-11-13-23-21(17-20)15-16-31-30(23)22-12-14-29-27(18-22)25-8-4-3-7-24(25)26-9-5-6-10-28(26)32-29/h3-19H,1-2H3. The van der Waals surface area contributed by atoms with Crippen LogP contribution in [-0.4, -0.2) is 4.98 Å². The Kier molecular flexibility index (Phi) is 4.62. The van der Waals surface area contributed by atoms with Gasteiger partial charge in [-0.15, -0.1) is 0 Å². The molecule has 0 spiro atoms. The monoisotopic (exact) mass is 429 g/mol. The maximum absolute atomic E-state index is 4.81. The third-order valence-corrected chi connectivity index (χ3v) is 7.47. The van der Waals surface area contributed by atoms with Gasteiger partial charge in [-0.2, -0.15) is 0 Å². The van der Waals surface area contributed by atoms with E-state index in [2.05, 4.69) is 105 Å². The van der Waals surface area contributed by atoms with Crippen LogP contribution in [0.4, 0.5) is 0 Å². The van der Waals surface area contributed by atoms with E-state index in [1.54, 1.807) is 0 Å². The van der Waals surface area contributed by atoms with Crippen molar-refractivity contribution in [3.63, 3.8) is 0 Å². The second-order valence-electron chi connectivity index (χ2n) is 8.65. The highest BCUT2D eigenvalue weighted by atomic mass is 32.2. The number of hydrogen-bond acceptors (Lipinski definition) is 2. The highest BCUT2D eigenvalue weighted by Gasteiger charge is 2.20. The van der Waals surface area contributed by atoms with E-state index >= 15 is 0 Å². The molecule has 32 heavy (non-hydrogen) atoms. The molecular weight excluding hydrogens is 406 g/mol. The molecule has 0 unspecified atom stereocenters. The number of nitrogens with zero attached hydrogens (tertiary/aromatic N) is 1. The summed E-state index contributed by atoms with van der Waals surface area (Å²) in [6.07, 6.45) is 1.94. The Hall–Kier alpha value is -3.36. The minimum absolute atomic E-state index is 0.513. The van der Waals surface area contributed by atoms with Crippen LogP contribution in [0.1, 0.15) is 25.3 Å². The van der Waals surface area contributed by atoms with Crippen LogP contribution in [0.3, 0.4) is 0 Å². The third-order valence-electron chi connectivity index (χ3n) is 6.32. The van der Waals surface area contributed by atoms with E-state index in [4.69, 9.17) is 4.98 Å². The van der Waals surface area contributed by atoms with Gasteiger partial charge in [-0.05, 0) is 63.4 Å². The highest BCUT2D eigenvalue weighted by molar-refractivity contribution is 7.99. The molecule has 0 radical (unpaired) electrons. The summed E-state index contributed by atoms with van der Waals surface area (Å²) in [5, 5.41) is 2.45. The van der Waals surface area contributed by atoms with Crippen molar-refractivity contribution in [1.29, 1.82) is 0 Å². The van der Waals surface area contributed by atoms with Gasteiger partial charge in [-0.25, -0.2) is 0 Å². The van der Waals surface area contributed by atoms with Crippen molar-refractivity contribution in [2.45, 2.75) is 29.6 Å². The fraction of sp³-hybridized carbons (Fsp3) is 0.100. The Balaban J connectivity index is 1.56. The first-order valence-corrected chi connectivity index (χ1v) is 11.9. The van der Waals surface area contributed by atoms with Gasteiger partial charge in [-0.3, -0.25) is 4.98 Å². The van der Waals surface area contributed by atoms with Crippen molar-refractivity contribution in [3.8, 4) is 33.5 Å². The van der Waals surface area contributed by atoms with Crippen LogP contribution < -0.4 is 0 Å². The largest absolute Gasteiger partial charge is 0.256 e. The van der Waals surface area contributed by atoms with Gasteiger partial charge in [0.2, 0.25) is 0 Å². The van der Waals surface area contributed by atoms with Crippen LogP contribution in [0, 0.1) is 0 Å². The Morgan fingerprint density at radius 3 is 2.19 bits per heavy atom. The van der Waals surface area contributed by atoms with Crippen molar-refractivity contribution < 1.29 is 0 Å². The molecule has 0 saturated carbocycles. The van der Waals surface area contributed by atoms with Crippen molar-refractivity contribution in [1.82, 2.24) is 4.98 Å². The smallest absolute Gasteiger partial charge is 0.0780 e. The second-order valence-corrected chi connectivity index (χ2v) is 9.73. The predicted molar refractivity (Wildman–Crippen MR) is 136 cm³/mol. The molecule has 6 rings (SSSR count). The van der Waals surface area contributed by atoms with E-state index in [1.807, 2.05) is 18.0 Å². The molecule has 0 fully saturated rings. The molecule has 1 aliphatic heterocycles. The third kappa shape index (κ3) is 3.14. The maximum Gasteiger partial charge on any atom is 0.0780 e.